The largest absolute Gasteiger partial charge is 0.372 e. The molecule has 17 heavy (non-hydrogen) atoms. The van der Waals surface area contributed by atoms with E-state index in [0.29, 0.717) is 6.04 Å². The van der Waals surface area contributed by atoms with Gasteiger partial charge in [-0.25, -0.2) is 4.39 Å². The summed E-state index contributed by atoms with van der Waals surface area (Å²) in [6.07, 6.45) is 2.15. The van der Waals surface area contributed by atoms with Crippen molar-refractivity contribution in [3.8, 4) is 0 Å². The van der Waals surface area contributed by atoms with Crippen LogP contribution in [-0.4, -0.2) is 19.2 Å². The van der Waals surface area contributed by atoms with E-state index in [4.69, 9.17) is 4.74 Å². The molecule has 94 valence electrons. The first-order chi connectivity index (χ1) is 8.20. The fourth-order valence-electron chi connectivity index (χ4n) is 2.10. The predicted molar refractivity (Wildman–Crippen MR) is 69.5 cm³/mol. The fraction of sp³-hybridized carbons (Fsp3) is 0.538. The first-order valence-corrected chi connectivity index (χ1v) is 6.80. The molecule has 0 saturated carbocycles. The second-order valence-corrected chi connectivity index (χ2v) is 5.18. The zero-order valence-corrected chi connectivity index (χ0v) is 11.5. The Bertz CT molecular complexity index is 386. The van der Waals surface area contributed by atoms with Crippen LogP contribution in [0.4, 0.5) is 4.39 Å². The summed E-state index contributed by atoms with van der Waals surface area (Å²) in [6.45, 7) is 3.70. The first-order valence-electron chi connectivity index (χ1n) is 6.00. The number of hydrogen-bond donors (Lipinski definition) is 1. The van der Waals surface area contributed by atoms with Crippen molar-refractivity contribution in [2.24, 2.45) is 0 Å². The number of rotatable bonds is 2. The molecule has 0 radical (unpaired) electrons. The zero-order chi connectivity index (χ0) is 12.3. The van der Waals surface area contributed by atoms with E-state index in [9.17, 15) is 4.39 Å². The minimum Gasteiger partial charge on any atom is -0.372 e. The van der Waals surface area contributed by atoms with Crippen molar-refractivity contribution in [1.29, 1.82) is 0 Å². The van der Waals surface area contributed by atoms with Gasteiger partial charge in [-0.15, -0.1) is 0 Å². The van der Waals surface area contributed by atoms with E-state index in [2.05, 4.69) is 28.2 Å². The molecule has 0 aromatic heterocycles. The summed E-state index contributed by atoms with van der Waals surface area (Å²) < 4.78 is 19.6. The molecule has 2 rings (SSSR count). The van der Waals surface area contributed by atoms with Gasteiger partial charge in [0, 0.05) is 23.7 Å². The lowest BCUT2D eigenvalue weighted by atomic mass is 10.1. The van der Waals surface area contributed by atoms with Crippen molar-refractivity contribution in [3.63, 3.8) is 0 Å². The van der Waals surface area contributed by atoms with E-state index in [1.165, 1.54) is 12.1 Å². The van der Waals surface area contributed by atoms with Gasteiger partial charge < -0.3 is 10.1 Å². The summed E-state index contributed by atoms with van der Waals surface area (Å²) in [5, 5.41) is 3.48. The average Bonchev–Trinajstić information content (AvgIpc) is 2.54. The Morgan fingerprint density at radius 3 is 3.06 bits per heavy atom. The lowest BCUT2D eigenvalue weighted by Gasteiger charge is -2.17. The summed E-state index contributed by atoms with van der Waals surface area (Å²) in [7, 11) is 0. The number of ether oxygens (including phenoxy) is 1. The molecule has 2 nitrogen and oxygen atoms in total. The summed E-state index contributed by atoms with van der Waals surface area (Å²) in [4.78, 5) is 0. The third kappa shape index (κ3) is 3.27. The fourth-order valence-corrected chi connectivity index (χ4v) is 2.70. The first kappa shape index (κ1) is 13.0. The minimum absolute atomic E-state index is 0.00141. The summed E-state index contributed by atoms with van der Waals surface area (Å²) in [5.41, 5.74) is 1.01. The molecule has 1 aromatic carbocycles. The van der Waals surface area contributed by atoms with Crippen LogP contribution in [0, 0.1) is 5.82 Å². The van der Waals surface area contributed by atoms with Crippen molar-refractivity contribution in [2.45, 2.75) is 31.9 Å². The zero-order valence-electron chi connectivity index (χ0n) is 9.88. The van der Waals surface area contributed by atoms with Crippen LogP contribution < -0.4 is 5.32 Å². The Hall–Kier alpha value is -0.450. The Labute approximate surface area is 110 Å². The van der Waals surface area contributed by atoms with Crippen LogP contribution in [0.15, 0.2) is 22.7 Å². The topological polar surface area (TPSA) is 21.3 Å². The van der Waals surface area contributed by atoms with Gasteiger partial charge >= 0.3 is 0 Å². The van der Waals surface area contributed by atoms with Gasteiger partial charge in [0.15, 0.2) is 0 Å². The van der Waals surface area contributed by atoms with Crippen molar-refractivity contribution in [3.05, 3.63) is 34.1 Å². The molecular formula is C13H17BrFNO. The monoisotopic (exact) mass is 301 g/mol. The summed E-state index contributed by atoms with van der Waals surface area (Å²) in [5.74, 6) is -0.228. The van der Waals surface area contributed by atoms with E-state index in [1.54, 1.807) is 6.07 Å². The molecule has 2 unspecified atom stereocenters. The number of nitrogens with one attached hydrogen (secondary N) is 1. The smallest absolute Gasteiger partial charge is 0.124 e. The molecule has 1 aliphatic rings. The molecule has 1 N–H and O–H groups in total. The van der Waals surface area contributed by atoms with Crippen molar-refractivity contribution >= 4 is 15.9 Å². The summed E-state index contributed by atoms with van der Waals surface area (Å²) >= 11 is 3.39. The quantitative estimate of drug-likeness (QED) is 0.904. The number of benzene rings is 1. The van der Waals surface area contributed by atoms with Crippen LogP contribution in [0.25, 0.3) is 0 Å². The van der Waals surface area contributed by atoms with E-state index >= 15 is 0 Å². The van der Waals surface area contributed by atoms with Gasteiger partial charge in [-0.2, -0.15) is 0 Å². The van der Waals surface area contributed by atoms with Gasteiger partial charge in [-0.1, -0.05) is 28.9 Å². The maximum absolute atomic E-state index is 13.0. The molecule has 1 saturated heterocycles. The van der Waals surface area contributed by atoms with Crippen LogP contribution in [0.5, 0.6) is 0 Å². The average molecular weight is 302 g/mol. The molecule has 0 bridgehead atoms. The Kier molecular flexibility index (Phi) is 4.54. The van der Waals surface area contributed by atoms with E-state index in [-0.39, 0.29) is 11.9 Å². The highest BCUT2D eigenvalue weighted by molar-refractivity contribution is 9.10. The van der Waals surface area contributed by atoms with Gasteiger partial charge in [-0.3, -0.25) is 0 Å². The molecule has 1 aromatic rings. The minimum atomic E-state index is -0.228. The predicted octanol–water partition coefficient (Wildman–Crippen LogP) is 3.42. The molecular weight excluding hydrogens is 285 g/mol. The van der Waals surface area contributed by atoms with E-state index in [0.717, 1.165) is 36.0 Å². The lowest BCUT2D eigenvalue weighted by molar-refractivity contribution is 0.0658. The Balaban J connectivity index is 2.11. The number of hydrogen-bond acceptors (Lipinski definition) is 2. The Morgan fingerprint density at radius 1 is 1.53 bits per heavy atom. The lowest BCUT2D eigenvalue weighted by Crippen LogP contribution is -2.29. The third-order valence-corrected chi connectivity index (χ3v) is 3.87. The molecule has 1 heterocycles. The Morgan fingerprint density at radius 2 is 2.35 bits per heavy atom. The van der Waals surface area contributed by atoms with Gasteiger partial charge in [0.1, 0.15) is 5.82 Å². The van der Waals surface area contributed by atoms with E-state index in [1.807, 2.05) is 0 Å². The van der Waals surface area contributed by atoms with Crippen molar-refractivity contribution in [1.82, 2.24) is 5.32 Å². The third-order valence-electron chi connectivity index (χ3n) is 3.18. The SMILES string of the molecule is CCC1CCOC(c2ccc(F)cc2Br)CN1. The van der Waals surface area contributed by atoms with Gasteiger partial charge in [-0.05, 0) is 30.5 Å². The highest BCUT2D eigenvalue weighted by atomic mass is 79.9. The molecule has 0 aliphatic carbocycles. The van der Waals surface area contributed by atoms with Crippen LogP contribution in [0.2, 0.25) is 0 Å². The maximum Gasteiger partial charge on any atom is 0.124 e. The maximum atomic E-state index is 13.0. The van der Waals surface area contributed by atoms with Crippen LogP contribution in [-0.2, 0) is 4.74 Å². The normalized spacial score (nSPS) is 25.6. The molecule has 0 spiro atoms. The molecule has 4 heteroatoms. The van der Waals surface area contributed by atoms with Crippen molar-refractivity contribution < 1.29 is 9.13 Å². The molecule has 1 fully saturated rings. The van der Waals surface area contributed by atoms with Crippen LogP contribution in [0.1, 0.15) is 31.4 Å². The highest BCUT2D eigenvalue weighted by Crippen LogP contribution is 2.28. The van der Waals surface area contributed by atoms with Crippen molar-refractivity contribution in [2.75, 3.05) is 13.2 Å². The molecule has 1 aliphatic heterocycles. The van der Waals surface area contributed by atoms with Gasteiger partial charge in [0.2, 0.25) is 0 Å². The van der Waals surface area contributed by atoms with Gasteiger partial charge in [0.25, 0.3) is 0 Å². The number of halogens is 2. The second-order valence-electron chi connectivity index (χ2n) is 4.33. The van der Waals surface area contributed by atoms with Crippen LogP contribution >= 0.6 is 15.9 Å². The summed E-state index contributed by atoms with van der Waals surface area (Å²) in [6, 6.07) is 5.28. The standard InChI is InChI=1S/C13H17BrFNO/c1-2-10-5-6-17-13(8-16-10)11-4-3-9(15)7-12(11)14/h3-4,7,10,13,16H,2,5-6,8H2,1H3. The molecule has 2 atom stereocenters. The van der Waals surface area contributed by atoms with E-state index < -0.39 is 0 Å². The molecule has 0 amide bonds. The van der Waals surface area contributed by atoms with Gasteiger partial charge in [0.05, 0.1) is 6.10 Å². The second kappa shape index (κ2) is 5.94. The highest BCUT2D eigenvalue weighted by Gasteiger charge is 2.20. The van der Waals surface area contributed by atoms with Crippen LogP contribution in [0.3, 0.4) is 0 Å².